The van der Waals surface area contributed by atoms with Gasteiger partial charge >= 0.3 is 5.97 Å². The van der Waals surface area contributed by atoms with Crippen molar-refractivity contribution in [1.29, 1.82) is 0 Å². The van der Waals surface area contributed by atoms with Crippen LogP contribution in [-0.2, 0) is 16.1 Å². The van der Waals surface area contributed by atoms with E-state index in [-0.39, 0.29) is 6.61 Å². The van der Waals surface area contributed by atoms with E-state index in [9.17, 15) is 4.79 Å². The standard InChI is InChI=1S/C18H18O4/c1-20-16-10-7-14(8-11-16)9-12-18(19)22-13-15-5-3-4-6-17(15)21-2/h3-12H,13H2,1-2H3. The summed E-state index contributed by atoms with van der Waals surface area (Å²) in [7, 11) is 3.20. The lowest BCUT2D eigenvalue weighted by Crippen LogP contribution is -2.02. The summed E-state index contributed by atoms with van der Waals surface area (Å²) in [5.41, 5.74) is 1.73. The van der Waals surface area contributed by atoms with Gasteiger partial charge in [0.25, 0.3) is 0 Å². The highest BCUT2D eigenvalue weighted by molar-refractivity contribution is 5.87. The van der Waals surface area contributed by atoms with Crippen molar-refractivity contribution in [2.75, 3.05) is 14.2 Å². The van der Waals surface area contributed by atoms with Crippen LogP contribution in [0.4, 0.5) is 0 Å². The van der Waals surface area contributed by atoms with E-state index in [1.807, 2.05) is 48.5 Å². The zero-order valence-corrected chi connectivity index (χ0v) is 12.6. The molecule has 2 aromatic rings. The van der Waals surface area contributed by atoms with Gasteiger partial charge < -0.3 is 14.2 Å². The third-order valence-electron chi connectivity index (χ3n) is 3.09. The van der Waals surface area contributed by atoms with Crippen LogP contribution in [0.1, 0.15) is 11.1 Å². The van der Waals surface area contributed by atoms with Gasteiger partial charge in [0.1, 0.15) is 18.1 Å². The molecule has 0 bridgehead atoms. The lowest BCUT2D eigenvalue weighted by Gasteiger charge is -2.07. The molecule has 0 aliphatic heterocycles. The molecule has 0 saturated carbocycles. The number of methoxy groups -OCH3 is 2. The normalized spacial score (nSPS) is 10.5. The molecule has 2 rings (SSSR count). The molecule has 0 fully saturated rings. The Hall–Kier alpha value is -2.75. The van der Waals surface area contributed by atoms with Crippen LogP contribution in [0, 0.1) is 0 Å². The Labute approximate surface area is 129 Å². The monoisotopic (exact) mass is 298 g/mol. The van der Waals surface area contributed by atoms with Gasteiger partial charge in [-0.3, -0.25) is 0 Å². The van der Waals surface area contributed by atoms with Crippen molar-refractivity contribution in [2.24, 2.45) is 0 Å². The number of carbonyl (C=O) groups is 1. The molecule has 0 saturated heterocycles. The fourth-order valence-electron chi connectivity index (χ4n) is 1.90. The summed E-state index contributed by atoms with van der Waals surface area (Å²) in [5.74, 6) is 1.08. The summed E-state index contributed by atoms with van der Waals surface area (Å²) in [6, 6.07) is 14.8. The van der Waals surface area contributed by atoms with Gasteiger partial charge in [-0.1, -0.05) is 30.3 Å². The number of rotatable bonds is 6. The fourth-order valence-corrected chi connectivity index (χ4v) is 1.90. The van der Waals surface area contributed by atoms with Crippen molar-refractivity contribution in [3.05, 3.63) is 65.7 Å². The van der Waals surface area contributed by atoms with Crippen LogP contribution in [0.3, 0.4) is 0 Å². The number of para-hydroxylation sites is 1. The van der Waals surface area contributed by atoms with Gasteiger partial charge in [-0.15, -0.1) is 0 Å². The van der Waals surface area contributed by atoms with E-state index in [4.69, 9.17) is 14.2 Å². The van der Waals surface area contributed by atoms with Gasteiger partial charge in [0.2, 0.25) is 0 Å². The molecule has 0 atom stereocenters. The van der Waals surface area contributed by atoms with Crippen LogP contribution in [0.2, 0.25) is 0 Å². The number of hydrogen-bond donors (Lipinski definition) is 0. The number of esters is 1. The Kier molecular flexibility index (Phi) is 5.60. The average Bonchev–Trinajstić information content (AvgIpc) is 2.58. The quantitative estimate of drug-likeness (QED) is 0.605. The van der Waals surface area contributed by atoms with Crippen molar-refractivity contribution in [1.82, 2.24) is 0 Å². The summed E-state index contributed by atoms with van der Waals surface area (Å²) in [6.45, 7) is 0.176. The Morgan fingerprint density at radius 1 is 1.00 bits per heavy atom. The van der Waals surface area contributed by atoms with Crippen LogP contribution in [0.5, 0.6) is 11.5 Å². The molecule has 114 valence electrons. The number of ether oxygens (including phenoxy) is 3. The van der Waals surface area contributed by atoms with Crippen molar-refractivity contribution >= 4 is 12.0 Å². The van der Waals surface area contributed by atoms with E-state index < -0.39 is 5.97 Å². The first kappa shape index (κ1) is 15.6. The van der Waals surface area contributed by atoms with Crippen LogP contribution < -0.4 is 9.47 Å². The minimum absolute atomic E-state index is 0.176. The van der Waals surface area contributed by atoms with Gasteiger partial charge in [0.15, 0.2) is 0 Å². The minimum Gasteiger partial charge on any atom is -0.497 e. The third kappa shape index (κ3) is 4.38. The smallest absolute Gasteiger partial charge is 0.331 e. The predicted octanol–water partition coefficient (Wildman–Crippen LogP) is 3.46. The van der Waals surface area contributed by atoms with Crippen LogP contribution in [0.25, 0.3) is 6.08 Å². The van der Waals surface area contributed by atoms with Crippen LogP contribution in [0.15, 0.2) is 54.6 Å². The van der Waals surface area contributed by atoms with Gasteiger partial charge in [0, 0.05) is 11.6 Å². The molecule has 0 aromatic heterocycles. The Balaban J connectivity index is 1.90. The Morgan fingerprint density at radius 2 is 1.73 bits per heavy atom. The maximum atomic E-state index is 11.7. The van der Waals surface area contributed by atoms with E-state index in [0.717, 1.165) is 16.9 Å². The number of benzene rings is 2. The molecule has 2 aromatic carbocycles. The van der Waals surface area contributed by atoms with Crippen molar-refractivity contribution in [3.63, 3.8) is 0 Å². The summed E-state index contributed by atoms with van der Waals surface area (Å²) in [4.78, 5) is 11.7. The molecule has 0 heterocycles. The molecular weight excluding hydrogens is 280 g/mol. The number of carbonyl (C=O) groups excluding carboxylic acids is 1. The van der Waals surface area contributed by atoms with E-state index in [0.29, 0.717) is 5.75 Å². The summed E-state index contributed by atoms with van der Waals surface area (Å²) in [5, 5.41) is 0. The second kappa shape index (κ2) is 7.88. The fraction of sp³-hybridized carbons (Fsp3) is 0.167. The lowest BCUT2D eigenvalue weighted by molar-refractivity contribution is -0.138. The van der Waals surface area contributed by atoms with E-state index in [1.165, 1.54) is 6.08 Å². The van der Waals surface area contributed by atoms with Gasteiger partial charge in [0.05, 0.1) is 14.2 Å². The highest BCUT2D eigenvalue weighted by Crippen LogP contribution is 2.18. The molecule has 0 unspecified atom stereocenters. The molecule has 0 spiro atoms. The maximum Gasteiger partial charge on any atom is 0.331 e. The summed E-state index contributed by atoms with van der Waals surface area (Å²) in [6.07, 6.45) is 3.10. The second-order valence-electron chi connectivity index (χ2n) is 4.53. The highest BCUT2D eigenvalue weighted by Gasteiger charge is 2.04. The summed E-state index contributed by atoms with van der Waals surface area (Å²) >= 11 is 0. The molecule has 4 nitrogen and oxygen atoms in total. The second-order valence-corrected chi connectivity index (χ2v) is 4.53. The topological polar surface area (TPSA) is 44.8 Å². The zero-order valence-electron chi connectivity index (χ0n) is 12.6. The molecule has 0 radical (unpaired) electrons. The third-order valence-corrected chi connectivity index (χ3v) is 3.09. The van der Waals surface area contributed by atoms with Crippen molar-refractivity contribution in [3.8, 4) is 11.5 Å². The van der Waals surface area contributed by atoms with Crippen molar-refractivity contribution < 1.29 is 19.0 Å². The molecule has 22 heavy (non-hydrogen) atoms. The highest BCUT2D eigenvalue weighted by atomic mass is 16.5. The molecular formula is C18H18O4. The molecule has 0 aliphatic rings. The molecule has 0 aliphatic carbocycles. The lowest BCUT2D eigenvalue weighted by atomic mass is 10.2. The van der Waals surface area contributed by atoms with E-state index in [2.05, 4.69) is 0 Å². The SMILES string of the molecule is COc1ccc(C=CC(=O)OCc2ccccc2OC)cc1. The zero-order chi connectivity index (χ0) is 15.8. The maximum absolute atomic E-state index is 11.7. The molecule has 4 heteroatoms. The van der Waals surface area contributed by atoms with Gasteiger partial charge in [-0.25, -0.2) is 4.79 Å². The Morgan fingerprint density at radius 3 is 2.41 bits per heavy atom. The molecule has 0 amide bonds. The summed E-state index contributed by atoms with van der Waals surface area (Å²) < 4.78 is 15.5. The van der Waals surface area contributed by atoms with Crippen LogP contribution >= 0.6 is 0 Å². The first-order chi connectivity index (χ1) is 10.7. The van der Waals surface area contributed by atoms with Crippen LogP contribution in [-0.4, -0.2) is 20.2 Å². The van der Waals surface area contributed by atoms with E-state index >= 15 is 0 Å². The van der Waals surface area contributed by atoms with Gasteiger partial charge in [-0.05, 0) is 29.8 Å². The average molecular weight is 298 g/mol. The van der Waals surface area contributed by atoms with E-state index in [1.54, 1.807) is 20.3 Å². The van der Waals surface area contributed by atoms with Crippen molar-refractivity contribution in [2.45, 2.75) is 6.61 Å². The first-order valence-corrected chi connectivity index (χ1v) is 6.83. The molecule has 0 N–H and O–H groups in total. The Bertz CT molecular complexity index is 644. The largest absolute Gasteiger partial charge is 0.497 e. The first-order valence-electron chi connectivity index (χ1n) is 6.83. The minimum atomic E-state index is -0.401. The predicted molar refractivity (Wildman–Crippen MR) is 84.8 cm³/mol. The van der Waals surface area contributed by atoms with Gasteiger partial charge in [-0.2, -0.15) is 0 Å². The number of hydrogen-bond acceptors (Lipinski definition) is 4.